The van der Waals surface area contributed by atoms with Crippen molar-refractivity contribution in [2.75, 3.05) is 0 Å². The van der Waals surface area contributed by atoms with Crippen molar-refractivity contribution in [1.82, 2.24) is 0 Å². The van der Waals surface area contributed by atoms with Crippen molar-refractivity contribution in [3.8, 4) is 17.2 Å². The van der Waals surface area contributed by atoms with E-state index in [4.69, 9.17) is 5.26 Å². The Labute approximate surface area is 204 Å². The number of hydrogen-bond acceptors (Lipinski definition) is 1. The van der Waals surface area contributed by atoms with Gasteiger partial charge in [0.15, 0.2) is 5.82 Å². The van der Waals surface area contributed by atoms with Crippen molar-refractivity contribution in [2.45, 2.75) is 71.1 Å². The lowest BCUT2D eigenvalue weighted by atomic mass is 9.77. The summed E-state index contributed by atoms with van der Waals surface area (Å²) in [4.78, 5) is 0. The van der Waals surface area contributed by atoms with Gasteiger partial charge in [-0.25, -0.2) is 17.6 Å². The summed E-state index contributed by atoms with van der Waals surface area (Å²) in [6.07, 6.45) is 11.7. The number of hydrogen-bond donors (Lipinski definition) is 0. The first-order valence-electron chi connectivity index (χ1n) is 12.7. The monoisotopic (exact) mass is 481 g/mol. The van der Waals surface area contributed by atoms with Crippen LogP contribution in [0.4, 0.5) is 17.6 Å². The van der Waals surface area contributed by atoms with Crippen LogP contribution in [0.2, 0.25) is 0 Å². The second-order valence-electron chi connectivity index (χ2n) is 9.95. The van der Waals surface area contributed by atoms with Gasteiger partial charge in [-0.3, -0.25) is 0 Å². The Morgan fingerprint density at radius 1 is 0.829 bits per heavy atom. The number of rotatable bonds is 8. The lowest BCUT2D eigenvalue weighted by Gasteiger charge is -2.28. The SMILES string of the molecule is CCCCCC1CCC(CCc2cc(F)c(-c3ccc4c(F)c(C#N)c(F)cc4c3)c(F)c2)CC1. The number of nitrogens with zero attached hydrogens (tertiary/aromatic N) is 1. The molecule has 0 spiro atoms. The fourth-order valence-electron chi connectivity index (χ4n) is 5.50. The highest BCUT2D eigenvalue weighted by Gasteiger charge is 2.22. The van der Waals surface area contributed by atoms with Crippen molar-refractivity contribution >= 4 is 10.8 Å². The van der Waals surface area contributed by atoms with Crippen LogP contribution < -0.4 is 0 Å². The molecule has 1 aliphatic carbocycles. The van der Waals surface area contributed by atoms with Gasteiger partial charge in [0.25, 0.3) is 0 Å². The largest absolute Gasteiger partial charge is 0.206 e. The number of nitriles is 1. The Morgan fingerprint density at radius 3 is 2.11 bits per heavy atom. The summed E-state index contributed by atoms with van der Waals surface area (Å²) in [6, 6.07) is 9.34. The van der Waals surface area contributed by atoms with E-state index in [2.05, 4.69) is 6.92 Å². The van der Waals surface area contributed by atoms with E-state index in [1.165, 1.54) is 87.8 Å². The van der Waals surface area contributed by atoms with Crippen molar-refractivity contribution < 1.29 is 17.6 Å². The molecule has 184 valence electrons. The predicted molar refractivity (Wildman–Crippen MR) is 132 cm³/mol. The molecule has 0 saturated heterocycles. The van der Waals surface area contributed by atoms with Gasteiger partial charge in [0.2, 0.25) is 0 Å². The number of fused-ring (bicyclic) bond motifs is 1. The van der Waals surface area contributed by atoms with E-state index in [1.807, 2.05) is 0 Å². The minimum Gasteiger partial charge on any atom is -0.206 e. The van der Waals surface area contributed by atoms with Gasteiger partial charge in [-0.15, -0.1) is 0 Å². The highest BCUT2D eigenvalue weighted by Crippen LogP contribution is 2.36. The fourth-order valence-corrected chi connectivity index (χ4v) is 5.50. The van der Waals surface area contributed by atoms with Crippen LogP contribution in [-0.2, 0) is 6.42 Å². The molecule has 1 aliphatic rings. The summed E-state index contributed by atoms with van der Waals surface area (Å²) in [5.41, 5.74) is -0.0559. The van der Waals surface area contributed by atoms with Gasteiger partial charge >= 0.3 is 0 Å². The Balaban J connectivity index is 1.45. The lowest BCUT2D eigenvalue weighted by molar-refractivity contribution is 0.249. The first-order valence-corrected chi connectivity index (χ1v) is 12.7. The molecule has 0 unspecified atom stereocenters. The molecule has 0 amide bonds. The fraction of sp³-hybridized carbons (Fsp3) is 0.433. The maximum atomic E-state index is 15.0. The van der Waals surface area contributed by atoms with Crippen LogP contribution in [0.3, 0.4) is 0 Å². The minimum atomic E-state index is -0.999. The molecular formula is C30H31F4N. The van der Waals surface area contributed by atoms with Crippen LogP contribution in [0.5, 0.6) is 0 Å². The van der Waals surface area contributed by atoms with Crippen molar-refractivity contribution in [3.63, 3.8) is 0 Å². The number of benzene rings is 3. The molecular weight excluding hydrogens is 450 g/mol. The Bertz CT molecular complexity index is 1210. The van der Waals surface area contributed by atoms with E-state index in [9.17, 15) is 8.78 Å². The molecule has 4 rings (SSSR count). The molecule has 5 heteroatoms. The molecule has 1 nitrogen and oxygen atoms in total. The number of halogens is 4. The second-order valence-corrected chi connectivity index (χ2v) is 9.95. The Morgan fingerprint density at radius 2 is 1.49 bits per heavy atom. The van der Waals surface area contributed by atoms with Gasteiger partial charge in [-0.1, -0.05) is 70.4 Å². The van der Waals surface area contributed by atoms with E-state index >= 15 is 8.78 Å². The average Bonchev–Trinajstić information content (AvgIpc) is 2.83. The number of unbranched alkanes of at least 4 members (excludes halogenated alkanes) is 2. The van der Waals surface area contributed by atoms with Crippen LogP contribution >= 0.6 is 0 Å². The zero-order valence-corrected chi connectivity index (χ0v) is 20.1. The van der Waals surface area contributed by atoms with Crippen LogP contribution in [-0.4, -0.2) is 0 Å². The number of aryl methyl sites for hydroxylation is 1. The third-order valence-corrected chi connectivity index (χ3v) is 7.55. The minimum absolute atomic E-state index is 0.0317. The molecule has 0 aromatic heterocycles. The van der Waals surface area contributed by atoms with E-state index in [0.717, 1.165) is 18.4 Å². The topological polar surface area (TPSA) is 23.8 Å². The lowest BCUT2D eigenvalue weighted by Crippen LogP contribution is -2.15. The van der Waals surface area contributed by atoms with Crippen molar-refractivity contribution in [2.24, 2.45) is 11.8 Å². The zero-order valence-electron chi connectivity index (χ0n) is 20.1. The third kappa shape index (κ3) is 5.69. The van der Waals surface area contributed by atoms with E-state index in [1.54, 1.807) is 0 Å². The first-order chi connectivity index (χ1) is 16.9. The molecule has 35 heavy (non-hydrogen) atoms. The first kappa shape index (κ1) is 25.2. The molecule has 0 heterocycles. The summed E-state index contributed by atoms with van der Waals surface area (Å²) >= 11 is 0. The average molecular weight is 482 g/mol. The van der Waals surface area contributed by atoms with Crippen LogP contribution in [0, 0.1) is 46.4 Å². The molecule has 0 bridgehead atoms. The molecule has 3 aromatic rings. The Kier molecular flexibility index (Phi) is 8.11. The molecule has 0 radical (unpaired) electrons. The third-order valence-electron chi connectivity index (χ3n) is 7.55. The van der Waals surface area contributed by atoms with Gasteiger partial charge in [-0.05, 0) is 65.5 Å². The van der Waals surface area contributed by atoms with Crippen molar-refractivity contribution in [3.05, 3.63) is 70.8 Å². The van der Waals surface area contributed by atoms with Crippen LogP contribution in [0.1, 0.15) is 75.8 Å². The molecule has 0 atom stereocenters. The Hall–Kier alpha value is -2.87. The maximum Gasteiger partial charge on any atom is 0.151 e. The quantitative estimate of drug-likeness (QED) is 0.232. The van der Waals surface area contributed by atoms with Crippen LogP contribution in [0.15, 0.2) is 36.4 Å². The van der Waals surface area contributed by atoms with Gasteiger partial charge in [0.05, 0.1) is 5.56 Å². The summed E-state index contributed by atoms with van der Waals surface area (Å²) in [5.74, 6) is -1.91. The summed E-state index contributed by atoms with van der Waals surface area (Å²) in [5, 5.41) is 9.11. The van der Waals surface area contributed by atoms with Gasteiger partial charge in [-0.2, -0.15) is 5.26 Å². The highest BCUT2D eigenvalue weighted by molar-refractivity contribution is 5.89. The molecule has 1 saturated carbocycles. The maximum absolute atomic E-state index is 15.0. The van der Waals surface area contributed by atoms with Gasteiger partial charge in [0.1, 0.15) is 29.1 Å². The summed E-state index contributed by atoms with van der Waals surface area (Å²) in [6.45, 7) is 2.23. The zero-order chi connectivity index (χ0) is 24.9. The van der Waals surface area contributed by atoms with Crippen LogP contribution in [0.25, 0.3) is 21.9 Å². The molecule has 0 aliphatic heterocycles. The van der Waals surface area contributed by atoms with Gasteiger partial charge < -0.3 is 0 Å². The van der Waals surface area contributed by atoms with Gasteiger partial charge in [0, 0.05) is 5.39 Å². The normalized spacial score (nSPS) is 18.1. The van der Waals surface area contributed by atoms with E-state index < -0.39 is 28.8 Å². The standard InChI is InChI=1S/C30H31F4N/c1-2-3-4-5-19-6-8-20(9-7-19)10-11-21-14-27(32)29(28(33)15-21)22-12-13-24-23(16-22)17-26(31)25(18-35)30(24)34/h12-17,19-20H,2-11H2,1H3. The van der Waals surface area contributed by atoms with E-state index in [0.29, 0.717) is 17.9 Å². The van der Waals surface area contributed by atoms with Crippen molar-refractivity contribution in [1.29, 1.82) is 5.26 Å². The molecule has 3 aromatic carbocycles. The predicted octanol–water partition coefficient (Wildman–Crippen LogP) is 9.25. The summed E-state index contributed by atoms with van der Waals surface area (Å²) in [7, 11) is 0. The van der Waals surface area contributed by atoms with E-state index in [-0.39, 0.29) is 21.9 Å². The smallest absolute Gasteiger partial charge is 0.151 e. The highest BCUT2D eigenvalue weighted by atomic mass is 19.1. The summed E-state index contributed by atoms with van der Waals surface area (Å²) < 4.78 is 58.5. The molecule has 1 fully saturated rings. The molecule has 0 N–H and O–H groups in total. The second kappa shape index (κ2) is 11.2.